The summed E-state index contributed by atoms with van der Waals surface area (Å²) in [6.45, 7) is 3.43. The molecule has 1 amide bonds. The maximum atomic E-state index is 13.4. The van der Waals surface area contributed by atoms with Gasteiger partial charge in [0.15, 0.2) is 5.60 Å². The molecular formula is C36H53KNO9. The molecule has 0 fully saturated rings. The van der Waals surface area contributed by atoms with Crippen LogP contribution in [0.1, 0.15) is 103 Å². The molecule has 0 saturated carbocycles. The number of aliphatic hydroxyl groups excluding tert-OH is 1. The minimum absolute atomic E-state index is 0. The third-order valence-corrected chi connectivity index (χ3v) is 7.78. The quantitative estimate of drug-likeness (QED) is 0.0382. The number of carbonyl (C=O) groups is 4. The summed E-state index contributed by atoms with van der Waals surface area (Å²) in [7, 11) is 1.18. The standard InChI is InChI=1S/C36H53NO9.K/c1-4-6-8-11-14-17-29(39)18-15-12-9-10-13-16-19-31(36(44,24-25-38)35(42)43)33(40)37-32(34(41)45-3)27-28-20-22-30(23-21-28)46-26-7-5-2;/h16,19-23,31-32,38,44H,4,6,8-15,17-18,24-27H2,1-3H3,(H,37,40)(H,42,43);/t31-,32+,36+;/m1./s1. The van der Waals surface area contributed by atoms with Crippen LogP contribution in [0, 0.1) is 17.8 Å². The predicted octanol–water partition coefficient (Wildman–Crippen LogP) is 4.55. The van der Waals surface area contributed by atoms with E-state index < -0.39 is 48.4 Å². The molecule has 1 rings (SSSR count). The Kier molecular flexibility index (Phi) is 25.7. The van der Waals surface area contributed by atoms with Crippen LogP contribution in [0.2, 0.25) is 0 Å². The van der Waals surface area contributed by atoms with Gasteiger partial charge < -0.3 is 30.1 Å². The van der Waals surface area contributed by atoms with E-state index in [9.17, 15) is 34.5 Å². The molecule has 47 heavy (non-hydrogen) atoms. The molecule has 0 unspecified atom stereocenters. The minimum atomic E-state index is -2.60. The topological polar surface area (TPSA) is 159 Å². The van der Waals surface area contributed by atoms with Gasteiger partial charge in [0.25, 0.3) is 0 Å². The predicted molar refractivity (Wildman–Crippen MR) is 182 cm³/mol. The van der Waals surface area contributed by atoms with E-state index in [1.807, 2.05) is 0 Å². The molecule has 1 aromatic carbocycles. The summed E-state index contributed by atoms with van der Waals surface area (Å²) >= 11 is 0. The monoisotopic (exact) mass is 682 g/mol. The van der Waals surface area contributed by atoms with Crippen LogP contribution in [0.15, 0.2) is 36.4 Å². The van der Waals surface area contributed by atoms with Gasteiger partial charge in [0.1, 0.15) is 24.2 Å². The van der Waals surface area contributed by atoms with Crippen LogP contribution in [0.3, 0.4) is 0 Å². The number of esters is 1. The molecule has 1 aromatic rings. The molecule has 0 bridgehead atoms. The van der Waals surface area contributed by atoms with Gasteiger partial charge in [-0.15, -0.1) is 5.92 Å². The van der Waals surface area contributed by atoms with Crippen molar-refractivity contribution >= 4 is 75.0 Å². The van der Waals surface area contributed by atoms with Crippen molar-refractivity contribution in [2.45, 2.75) is 115 Å². The van der Waals surface area contributed by atoms with Crippen molar-refractivity contribution in [1.29, 1.82) is 0 Å². The molecule has 0 heterocycles. The molecule has 0 aromatic heterocycles. The van der Waals surface area contributed by atoms with Gasteiger partial charge >= 0.3 is 11.9 Å². The fraction of sp³-hybridized carbons (Fsp3) is 0.611. The number of Topliss-reactive ketones (excluding diaryl/α,β-unsaturated/α-hetero) is 1. The number of ether oxygens (including phenoxy) is 2. The van der Waals surface area contributed by atoms with Crippen LogP contribution in [-0.2, 0) is 30.3 Å². The molecule has 0 aliphatic carbocycles. The zero-order chi connectivity index (χ0) is 34.2. The molecular weight excluding hydrogens is 629 g/mol. The number of hydrogen-bond donors (Lipinski definition) is 4. The van der Waals surface area contributed by atoms with Crippen molar-refractivity contribution < 1.29 is 44.0 Å². The number of benzene rings is 1. The van der Waals surface area contributed by atoms with Crippen LogP contribution < -0.4 is 10.1 Å². The Morgan fingerprint density at radius 2 is 1.60 bits per heavy atom. The van der Waals surface area contributed by atoms with E-state index in [0.29, 0.717) is 36.4 Å². The number of aliphatic hydroxyl groups is 2. The number of hydrogen-bond acceptors (Lipinski definition) is 8. The number of carbonyl (C=O) groups excluding carboxylic acids is 3. The smallest absolute Gasteiger partial charge is 0.336 e. The van der Waals surface area contributed by atoms with Gasteiger partial charge in [-0.3, -0.25) is 9.59 Å². The molecule has 10 nitrogen and oxygen atoms in total. The first-order valence-corrected chi connectivity index (χ1v) is 16.4. The van der Waals surface area contributed by atoms with Gasteiger partial charge in [-0.1, -0.05) is 75.7 Å². The van der Waals surface area contributed by atoms with E-state index in [4.69, 9.17) is 9.47 Å². The third-order valence-electron chi connectivity index (χ3n) is 7.78. The van der Waals surface area contributed by atoms with Crippen molar-refractivity contribution in [1.82, 2.24) is 5.32 Å². The van der Waals surface area contributed by atoms with Gasteiger partial charge in [-0.05, 0) is 50.3 Å². The summed E-state index contributed by atoms with van der Waals surface area (Å²) < 4.78 is 10.4. The van der Waals surface area contributed by atoms with E-state index in [1.165, 1.54) is 32.4 Å². The first-order chi connectivity index (χ1) is 22.1. The van der Waals surface area contributed by atoms with Crippen molar-refractivity contribution in [2.24, 2.45) is 5.92 Å². The van der Waals surface area contributed by atoms with Crippen molar-refractivity contribution in [3.05, 3.63) is 42.0 Å². The minimum Gasteiger partial charge on any atom is -0.481 e. The van der Waals surface area contributed by atoms with Crippen LogP contribution in [0.5, 0.6) is 5.75 Å². The Balaban J connectivity index is 0.0000212. The maximum absolute atomic E-state index is 13.4. The summed E-state index contributed by atoms with van der Waals surface area (Å²) in [5.74, 6) is 1.52. The summed E-state index contributed by atoms with van der Waals surface area (Å²) in [4.78, 5) is 50.2. The first-order valence-electron chi connectivity index (χ1n) is 16.4. The zero-order valence-electron chi connectivity index (χ0n) is 28.7. The van der Waals surface area contributed by atoms with Crippen molar-refractivity contribution in [2.75, 3.05) is 20.3 Å². The van der Waals surface area contributed by atoms with Gasteiger partial charge in [-0.25, -0.2) is 9.59 Å². The van der Waals surface area contributed by atoms with Crippen molar-refractivity contribution in [3.8, 4) is 17.6 Å². The van der Waals surface area contributed by atoms with Gasteiger partial charge in [-0.2, -0.15) is 0 Å². The fourth-order valence-corrected chi connectivity index (χ4v) is 5.00. The maximum Gasteiger partial charge on any atom is 0.336 e. The van der Waals surface area contributed by atoms with E-state index >= 15 is 0 Å². The van der Waals surface area contributed by atoms with Gasteiger partial charge in [0.2, 0.25) is 5.91 Å². The first kappa shape index (κ1) is 45.0. The molecule has 0 aliphatic rings. The van der Waals surface area contributed by atoms with Gasteiger partial charge in [0.05, 0.1) is 13.0 Å². The second-order valence-electron chi connectivity index (χ2n) is 11.4. The van der Waals surface area contributed by atoms with Crippen LogP contribution in [0.4, 0.5) is 0 Å². The molecule has 0 saturated heterocycles. The number of aliphatic carboxylic acids is 1. The number of nitrogens with one attached hydrogen (secondary N) is 1. The molecule has 1 radical (unpaired) electrons. The van der Waals surface area contributed by atoms with E-state index in [-0.39, 0.29) is 64.4 Å². The molecule has 0 aliphatic heterocycles. The molecule has 3 atom stereocenters. The van der Waals surface area contributed by atoms with Crippen LogP contribution in [0.25, 0.3) is 0 Å². The van der Waals surface area contributed by atoms with E-state index in [1.54, 1.807) is 37.3 Å². The van der Waals surface area contributed by atoms with E-state index in [2.05, 4.69) is 24.1 Å². The average molecular weight is 683 g/mol. The number of allylic oxidation sites excluding steroid dienone is 1. The number of carboxylic acid groups (broad SMARTS) is 1. The van der Waals surface area contributed by atoms with E-state index in [0.717, 1.165) is 38.5 Å². The Bertz CT molecular complexity index is 1160. The molecule has 257 valence electrons. The third kappa shape index (κ3) is 18.3. The normalized spacial score (nSPS) is 13.3. The average Bonchev–Trinajstić information content (AvgIpc) is 3.04. The number of ketones is 1. The number of unbranched alkanes of at least 4 members (excludes halogenated alkanes) is 8. The second-order valence-corrected chi connectivity index (χ2v) is 11.4. The Morgan fingerprint density at radius 1 is 0.979 bits per heavy atom. The summed E-state index contributed by atoms with van der Waals surface area (Å²) in [5.41, 5.74) is -1.93. The Labute approximate surface area is 322 Å². The molecule has 0 spiro atoms. The second kappa shape index (κ2) is 26.9. The zero-order valence-corrected chi connectivity index (χ0v) is 31.8. The SMILES string of the molecule is CC#CCOc1ccc(C[C@H](NC(=O)[C@@H](C=CCCCCCCC(=O)CCCCCCC)[C@@](O)(CCO)C(=O)O)C(=O)OC)cc1.[K]. The largest absolute Gasteiger partial charge is 0.481 e. The fourth-order valence-electron chi connectivity index (χ4n) is 5.00. The van der Waals surface area contributed by atoms with Crippen molar-refractivity contribution in [3.63, 3.8) is 0 Å². The number of amides is 1. The number of methoxy groups -OCH3 is 1. The summed E-state index contributed by atoms with van der Waals surface area (Å²) in [6.07, 6.45) is 13.0. The summed E-state index contributed by atoms with van der Waals surface area (Å²) in [6, 6.07) is 5.67. The molecule has 11 heteroatoms. The molecule has 4 N–H and O–H groups in total. The number of rotatable bonds is 25. The summed E-state index contributed by atoms with van der Waals surface area (Å²) in [5, 5.41) is 32.9. The number of carboxylic acids is 1. The Morgan fingerprint density at radius 3 is 2.15 bits per heavy atom. The van der Waals surface area contributed by atoms with Crippen LogP contribution in [-0.4, -0.2) is 122 Å². The van der Waals surface area contributed by atoms with Crippen LogP contribution >= 0.6 is 0 Å². The van der Waals surface area contributed by atoms with Gasteiger partial charge in [0, 0.05) is 83.7 Å². The Hall–Kier alpha value is -2.04.